The lowest BCUT2D eigenvalue weighted by Gasteiger charge is -2.09. The fraction of sp³-hybridized carbons (Fsp3) is 0.357. The number of rotatable bonds is 4. The normalized spacial score (nSPS) is 11.0. The number of carbonyl (C=O) groups is 1. The molecule has 100 valence electrons. The fourth-order valence-corrected chi connectivity index (χ4v) is 1.84. The van der Waals surface area contributed by atoms with E-state index >= 15 is 0 Å². The van der Waals surface area contributed by atoms with Gasteiger partial charge in [0, 0.05) is 11.6 Å². The molecular formula is C14H16FN3O. The molecule has 0 bridgehead atoms. The Hall–Kier alpha value is -2.04. The van der Waals surface area contributed by atoms with E-state index in [0.717, 1.165) is 0 Å². The summed E-state index contributed by atoms with van der Waals surface area (Å²) >= 11 is 0. The van der Waals surface area contributed by atoms with Crippen LogP contribution in [0.5, 0.6) is 0 Å². The number of carbonyl (C=O) groups excluding carboxylic acids is 1. The summed E-state index contributed by atoms with van der Waals surface area (Å²) in [6, 6.07) is 4.65. The summed E-state index contributed by atoms with van der Waals surface area (Å²) in [5.74, 6) is 0.0750. The van der Waals surface area contributed by atoms with Crippen LogP contribution in [0.25, 0.3) is 0 Å². The number of hydrogen-bond acceptors (Lipinski definition) is 3. The summed E-state index contributed by atoms with van der Waals surface area (Å²) < 4.78 is 15.1. The monoisotopic (exact) mass is 261 g/mol. The van der Waals surface area contributed by atoms with Crippen LogP contribution in [0.15, 0.2) is 24.5 Å². The highest BCUT2D eigenvalue weighted by Gasteiger charge is 2.14. The maximum absolute atomic E-state index is 13.4. The molecule has 0 saturated carbocycles. The number of halogens is 1. The maximum atomic E-state index is 13.4. The van der Waals surface area contributed by atoms with Crippen molar-refractivity contribution in [3.63, 3.8) is 0 Å². The summed E-state index contributed by atoms with van der Waals surface area (Å²) in [5.41, 5.74) is 0.892. The molecule has 19 heavy (non-hydrogen) atoms. The van der Waals surface area contributed by atoms with Crippen LogP contribution in [-0.2, 0) is 6.42 Å². The minimum absolute atomic E-state index is 0.126. The zero-order valence-corrected chi connectivity index (χ0v) is 11.2. The van der Waals surface area contributed by atoms with Crippen molar-refractivity contribution in [3.05, 3.63) is 47.3 Å². The van der Waals surface area contributed by atoms with E-state index in [1.807, 2.05) is 13.8 Å². The van der Waals surface area contributed by atoms with Gasteiger partial charge in [-0.05, 0) is 32.4 Å². The Bertz CT molecular complexity index is 604. The Balaban J connectivity index is 2.21. The zero-order valence-electron chi connectivity index (χ0n) is 11.2. The largest absolute Gasteiger partial charge is 0.294 e. The fourth-order valence-electron chi connectivity index (χ4n) is 1.84. The van der Waals surface area contributed by atoms with Crippen LogP contribution in [0.4, 0.5) is 4.39 Å². The highest BCUT2D eigenvalue weighted by molar-refractivity contribution is 5.97. The molecule has 0 saturated heterocycles. The van der Waals surface area contributed by atoms with E-state index in [4.69, 9.17) is 0 Å². The van der Waals surface area contributed by atoms with Gasteiger partial charge in [0.2, 0.25) is 0 Å². The van der Waals surface area contributed by atoms with Crippen molar-refractivity contribution in [2.75, 3.05) is 0 Å². The molecule has 2 aromatic rings. The lowest BCUT2D eigenvalue weighted by atomic mass is 10.1. The van der Waals surface area contributed by atoms with Crippen LogP contribution < -0.4 is 0 Å². The third-order valence-electron chi connectivity index (χ3n) is 2.95. The van der Waals surface area contributed by atoms with Gasteiger partial charge in [-0.25, -0.2) is 14.1 Å². The first kappa shape index (κ1) is 13.4. The van der Waals surface area contributed by atoms with Crippen LogP contribution in [0.3, 0.4) is 0 Å². The van der Waals surface area contributed by atoms with Gasteiger partial charge < -0.3 is 0 Å². The summed E-state index contributed by atoms with van der Waals surface area (Å²) in [7, 11) is 0. The number of benzene rings is 1. The SMILES string of the molecule is Cc1ccc(C(=O)Cc2ncnn2C(C)C)cc1F. The van der Waals surface area contributed by atoms with Gasteiger partial charge in [0.1, 0.15) is 18.0 Å². The Kier molecular flexibility index (Phi) is 3.74. The number of ketones is 1. The van der Waals surface area contributed by atoms with Crippen LogP contribution in [0.2, 0.25) is 0 Å². The van der Waals surface area contributed by atoms with Crippen molar-refractivity contribution in [1.82, 2.24) is 14.8 Å². The van der Waals surface area contributed by atoms with Crippen molar-refractivity contribution in [2.45, 2.75) is 33.2 Å². The van der Waals surface area contributed by atoms with Gasteiger partial charge in [-0.15, -0.1) is 0 Å². The van der Waals surface area contributed by atoms with Gasteiger partial charge in [0.05, 0.1) is 6.42 Å². The Labute approximate surface area is 111 Å². The summed E-state index contributed by atoms with van der Waals surface area (Å²) in [6.45, 7) is 5.60. The second-order valence-electron chi connectivity index (χ2n) is 4.78. The molecule has 0 N–H and O–H groups in total. The molecule has 0 amide bonds. The quantitative estimate of drug-likeness (QED) is 0.795. The average molecular weight is 261 g/mol. The Morgan fingerprint density at radius 2 is 2.16 bits per heavy atom. The van der Waals surface area contributed by atoms with Gasteiger partial charge in [-0.1, -0.05) is 12.1 Å². The molecule has 0 atom stereocenters. The molecule has 0 unspecified atom stereocenters. The maximum Gasteiger partial charge on any atom is 0.170 e. The Morgan fingerprint density at radius 1 is 1.42 bits per heavy atom. The van der Waals surface area contributed by atoms with Gasteiger partial charge in [-0.3, -0.25) is 4.79 Å². The number of hydrogen-bond donors (Lipinski definition) is 0. The first-order valence-corrected chi connectivity index (χ1v) is 6.16. The van der Waals surface area contributed by atoms with Crippen LogP contribution in [0.1, 0.15) is 41.6 Å². The molecule has 0 aliphatic carbocycles. The smallest absolute Gasteiger partial charge is 0.170 e. The van der Waals surface area contributed by atoms with E-state index in [1.165, 1.54) is 12.4 Å². The van der Waals surface area contributed by atoms with Crippen molar-refractivity contribution in [3.8, 4) is 0 Å². The van der Waals surface area contributed by atoms with E-state index in [0.29, 0.717) is 17.0 Å². The topological polar surface area (TPSA) is 47.8 Å². The molecule has 4 nitrogen and oxygen atoms in total. The molecule has 5 heteroatoms. The van der Waals surface area contributed by atoms with Crippen LogP contribution in [-0.4, -0.2) is 20.5 Å². The van der Waals surface area contributed by atoms with E-state index in [-0.39, 0.29) is 24.1 Å². The number of aromatic nitrogens is 3. The molecule has 1 aromatic carbocycles. The van der Waals surface area contributed by atoms with Crippen molar-refractivity contribution in [2.24, 2.45) is 0 Å². The molecule has 0 spiro atoms. The standard InChI is InChI=1S/C14H16FN3O/c1-9(2)18-14(16-8-17-18)7-13(19)11-5-4-10(3)12(15)6-11/h4-6,8-9H,7H2,1-3H3. The van der Waals surface area contributed by atoms with Crippen LogP contribution in [0, 0.1) is 12.7 Å². The molecule has 2 rings (SSSR count). The predicted molar refractivity (Wildman–Crippen MR) is 69.6 cm³/mol. The van der Waals surface area contributed by atoms with E-state index in [9.17, 15) is 9.18 Å². The minimum atomic E-state index is -0.365. The lowest BCUT2D eigenvalue weighted by Crippen LogP contribution is -2.13. The van der Waals surface area contributed by atoms with Crippen molar-refractivity contribution >= 4 is 5.78 Å². The molecule has 0 fully saturated rings. The second kappa shape index (κ2) is 5.30. The van der Waals surface area contributed by atoms with Gasteiger partial charge >= 0.3 is 0 Å². The molecule has 0 aliphatic heterocycles. The highest BCUT2D eigenvalue weighted by Crippen LogP contribution is 2.13. The van der Waals surface area contributed by atoms with Crippen LogP contribution >= 0.6 is 0 Å². The lowest BCUT2D eigenvalue weighted by molar-refractivity contribution is 0.0988. The Morgan fingerprint density at radius 3 is 2.79 bits per heavy atom. The summed E-state index contributed by atoms with van der Waals surface area (Å²) in [4.78, 5) is 16.2. The predicted octanol–water partition coefficient (Wildman–Crippen LogP) is 2.73. The first-order valence-electron chi connectivity index (χ1n) is 6.16. The van der Waals surface area contributed by atoms with E-state index in [2.05, 4.69) is 10.1 Å². The van der Waals surface area contributed by atoms with Crippen molar-refractivity contribution in [1.29, 1.82) is 0 Å². The van der Waals surface area contributed by atoms with E-state index in [1.54, 1.807) is 23.7 Å². The molecule has 1 aromatic heterocycles. The second-order valence-corrected chi connectivity index (χ2v) is 4.78. The molecule has 0 radical (unpaired) electrons. The molecule has 0 aliphatic rings. The van der Waals surface area contributed by atoms with Gasteiger partial charge in [0.25, 0.3) is 0 Å². The highest BCUT2D eigenvalue weighted by atomic mass is 19.1. The summed E-state index contributed by atoms with van der Waals surface area (Å²) in [6.07, 6.45) is 1.55. The molecular weight excluding hydrogens is 245 g/mol. The third kappa shape index (κ3) is 2.86. The number of Topliss-reactive ketones (excluding diaryl/α,β-unsaturated/α-hetero) is 1. The third-order valence-corrected chi connectivity index (χ3v) is 2.95. The van der Waals surface area contributed by atoms with E-state index < -0.39 is 0 Å². The number of aryl methyl sites for hydroxylation is 1. The van der Waals surface area contributed by atoms with Gasteiger partial charge in [-0.2, -0.15) is 5.10 Å². The minimum Gasteiger partial charge on any atom is -0.294 e. The summed E-state index contributed by atoms with van der Waals surface area (Å²) in [5, 5.41) is 4.07. The first-order chi connectivity index (χ1) is 8.99. The number of nitrogens with zero attached hydrogens (tertiary/aromatic N) is 3. The average Bonchev–Trinajstić information content (AvgIpc) is 2.80. The molecule has 1 heterocycles. The van der Waals surface area contributed by atoms with Crippen molar-refractivity contribution < 1.29 is 9.18 Å². The van der Waals surface area contributed by atoms with Gasteiger partial charge in [0.15, 0.2) is 5.78 Å². The zero-order chi connectivity index (χ0) is 14.0.